The van der Waals surface area contributed by atoms with Gasteiger partial charge in [0.05, 0.1) is 41.3 Å². The highest BCUT2D eigenvalue weighted by atomic mass is 32.1. The van der Waals surface area contributed by atoms with Crippen molar-refractivity contribution in [1.29, 1.82) is 0 Å². The number of esters is 1. The monoisotopic (exact) mass is 493 g/mol. The molecule has 2 aliphatic heterocycles. The first-order valence-corrected chi connectivity index (χ1v) is 13.1. The molecule has 2 fully saturated rings. The average molecular weight is 494 g/mol. The summed E-state index contributed by atoms with van der Waals surface area (Å²) in [7, 11) is 0. The Morgan fingerprint density at radius 3 is 2.56 bits per heavy atom. The van der Waals surface area contributed by atoms with Crippen molar-refractivity contribution in [3.63, 3.8) is 0 Å². The maximum absolute atomic E-state index is 13.2. The number of rotatable bonds is 2. The summed E-state index contributed by atoms with van der Waals surface area (Å²) < 4.78 is 11.7. The summed E-state index contributed by atoms with van der Waals surface area (Å²) in [4.78, 5) is 31.3. The van der Waals surface area contributed by atoms with E-state index in [1.54, 1.807) is 38.3 Å². The SMILES string of the molecule is C/C(=C\c1cnc(C)s1)[C@@H]1C[C@@H]2O[C@@H]2CCC[C@H](C)[C@H](O)[C@H](C)C(=O)C(C)(C)[C@@H](O)CC(=O)O1. The molecule has 0 aromatic carbocycles. The Kier molecular flexibility index (Phi) is 8.71. The molecule has 0 unspecified atom stereocenters. The molecule has 0 aliphatic carbocycles. The highest BCUT2D eigenvalue weighted by Gasteiger charge is 2.44. The van der Waals surface area contributed by atoms with E-state index in [0.717, 1.165) is 34.7 Å². The molecule has 2 saturated heterocycles. The van der Waals surface area contributed by atoms with Crippen molar-refractivity contribution in [2.75, 3.05) is 0 Å². The highest BCUT2D eigenvalue weighted by molar-refractivity contribution is 7.12. The molecule has 0 radical (unpaired) electrons. The van der Waals surface area contributed by atoms with E-state index >= 15 is 0 Å². The van der Waals surface area contributed by atoms with Gasteiger partial charge in [-0.3, -0.25) is 9.59 Å². The molecule has 190 valence electrons. The highest BCUT2D eigenvalue weighted by Crippen LogP contribution is 2.36. The van der Waals surface area contributed by atoms with Crippen LogP contribution in [0.25, 0.3) is 6.08 Å². The number of ether oxygens (including phenoxy) is 2. The number of hydrogen-bond acceptors (Lipinski definition) is 8. The molecular formula is C26H39NO6S. The smallest absolute Gasteiger partial charge is 0.309 e. The number of cyclic esters (lactones) is 1. The Bertz CT molecular complexity index is 909. The molecular weight excluding hydrogens is 454 g/mol. The van der Waals surface area contributed by atoms with Crippen molar-refractivity contribution >= 4 is 29.2 Å². The van der Waals surface area contributed by atoms with Crippen LogP contribution in [0.4, 0.5) is 0 Å². The van der Waals surface area contributed by atoms with Gasteiger partial charge in [-0.25, -0.2) is 4.98 Å². The number of carbonyl (C=O) groups is 2. The quantitative estimate of drug-likeness (QED) is 0.472. The lowest BCUT2D eigenvalue weighted by atomic mass is 9.73. The topological polar surface area (TPSA) is 109 Å². The number of Topliss-reactive ketones (excluding diaryl/α,β-unsaturated/α-hetero) is 1. The number of aromatic nitrogens is 1. The summed E-state index contributed by atoms with van der Waals surface area (Å²) >= 11 is 1.57. The minimum Gasteiger partial charge on any atom is -0.458 e. The summed E-state index contributed by atoms with van der Waals surface area (Å²) in [6.07, 6.45) is 4.18. The van der Waals surface area contributed by atoms with Crippen molar-refractivity contribution in [3.8, 4) is 0 Å². The van der Waals surface area contributed by atoms with Crippen molar-refractivity contribution in [3.05, 3.63) is 21.7 Å². The summed E-state index contributed by atoms with van der Waals surface area (Å²) in [5, 5.41) is 22.6. The molecule has 7 atom stereocenters. The molecule has 3 rings (SSSR count). The van der Waals surface area contributed by atoms with Gasteiger partial charge in [-0.15, -0.1) is 11.3 Å². The molecule has 0 bridgehead atoms. The van der Waals surface area contributed by atoms with E-state index in [1.807, 2.05) is 26.8 Å². The van der Waals surface area contributed by atoms with E-state index in [4.69, 9.17) is 9.47 Å². The van der Waals surface area contributed by atoms with Crippen LogP contribution in [0.3, 0.4) is 0 Å². The molecule has 1 aromatic rings. The van der Waals surface area contributed by atoms with E-state index < -0.39 is 35.6 Å². The van der Waals surface area contributed by atoms with Crippen LogP contribution in [0, 0.1) is 24.2 Å². The van der Waals surface area contributed by atoms with Gasteiger partial charge in [-0.05, 0) is 44.3 Å². The largest absolute Gasteiger partial charge is 0.458 e. The maximum atomic E-state index is 13.2. The first kappa shape index (κ1) is 27.0. The number of ketones is 1. The molecule has 0 saturated carbocycles. The Balaban J connectivity index is 1.81. The van der Waals surface area contributed by atoms with Crippen molar-refractivity contribution in [2.24, 2.45) is 17.3 Å². The first-order valence-electron chi connectivity index (χ1n) is 12.3. The van der Waals surface area contributed by atoms with Crippen LogP contribution in [-0.2, 0) is 19.1 Å². The van der Waals surface area contributed by atoms with Gasteiger partial charge in [0, 0.05) is 23.4 Å². The average Bonchev–Trinajstić information content (AvgIpc) is 3.38. The molecule has 0 amide bonds. The van der Waals surface area contributed by atoms with Gasteiger partial charge >= 0.3 is 5.97 Å². The van der Waals surface area contributed by atoms with E-state index in [-0.39, 0.29) is 30.3 Å². The zero-order valence-electron chi connectivity index (χ0n) is 21.1. The molecule has 0 spiro atoms. The number of aliphatic hydroxyl groups is 2. The second kappa shape index (κ2) is 11.0. The molecule has 7 nitrogen and oxygen atoms in total. The van der Waals surface area contributed by atoms with Gasteiger partial charge in [0.2, 0.25) is 0 Å². The van der Waals surface area contributed by atoms with Gasteiger partial charge in [0.15, 0.2) is 0 Å². The van der Waals surface area contributed by atoms with Crippen LogP contribution in [0.1, 0.15) is 76.6 Å². The molecule has 34 heavy (non-hydrogen) atoms. The molecule has 2 aliphatic rings. The third-order valence-electron chi connectivity index (χ3n) is 7.41. The maximum Gasteiger partial charge on any atom is 0.309 e. The Labute approximate surface area is 206 Å². The van der Waals surface area contributed by atoms with Crippen molar-refractivity contribution in [1.82, 2.24) is 4.98 Å². The summed E-state index contributed by atoms with van der Waals surface area (Å²) in [5.74, 6) is -1.51. The van der Waals surface area contributed by atoms with E-state index in [0.29, 0.717) is 6.42 Å². The lowest BCUT2D eigenvalue weighted by Gasteiger charge is -2.34. The standard InChI is InChI=1S/C26H39NO6S/c1-14-8-7-9-19-21(32-19)11-20(15(2)10-18-13-27-17(4)34-18)33-23(29)12-22(28)26(5,6)25(31)16(3)24(14)30/h10,13-14,16,19-22,24,28,30H,7-9,11-12H2,1-6H3/b15-10+/t14-,16-,19+,20-,21-,22-,24-/m0/s1. The minimum atomic E-state index is -1.22. The molecule has 1 aromatic heterocycles. The Morgan fingerprint density at radius 1 is 1.21 bits per heavy atom. The second-order valence-electron chi connectivity index (χ2n) is 10.6. The van der Waals surface area contributed by atoms with E-state index in [1.165, 1.54) is 0 Å². The number of aryl methyl sites for hydroxylation is 1. The van der Waals surface area contributed by atoms with Crippen LogP contribution >= 0.6 is 11.3 Å². The van der Waals surface area contributed by atoms with Crippen LogP contribution < -0.4 is 0 Å². The number of fused-ring (bicyclic) bond motifs is 1. The summed E-state index contributed by atoms with van der Waals surface area (Å²) in [6.45, 7) is 10.8. The molecule has 2 N–H and O–H groups in total. The zero-order chi connectivity index (χ0) is 25.2. The van der Waals surface area contributed by atoms with Crippen LogP contribution in [0.5, 0.6) is 0 Å². The Hall–Kier alpha value is -1.61. The fourth-order valence-electron chi connectivity index (χ4n) is 4.77. The van der Waals surface area contributed by atoms with Gasteiger partial charge in [0.25, 0.3) is 0 Å². The second-order valence-corrected chi connectivity index (χ2v) is 11.9. The zero-order valence-corrected chi connectivity index (χ0v) is 21.9. The third kappa shape index (κ3) is 6.53. The van der Waals surface area contributed by atoms with Crippen LogP contribution in [-0.4, -0.2) is 57.5 Å². The number of thiazole rings is 1. The number of epoxide rings is 1. The lowest BCUT2D eigenvalue weighted by molar-refractivity contribution is -0.154. The van der Waals surface area contributed by atoms with Gasteiger partial charge in [-0.1, -0.05) is 34.1 Å². The number of nitrogens with zero attached hydrogens (tertiary/aromatic N) is 1. The third-order valence-corrected chi connectivity index (χ3v) is 8.27. The van der Waals surface area contributed by atoms with Crippen LogP contribution in [0.2, 0.25) is 0 Å². The van der Waals surface area contributed by atoms with E-state index in [9.17, 15) is 19.8 Å². The van der Waals surface area contributed by atoms with Gasteiger partial charge in [-0.2, -0.15) is 0 Å². The predicted molar refractivity (Wildman–Crippen MR) is 131 cm³/mol. The molecule has 8 heteroatoms. The first-order chi connectivity index (χ1) is 15.9. The Morgan fingerprint density at radius 2 is 1.91 bits per heavy atom. The van der Waals surface area contributed by atoms with Crippen molar-refractivity contribution < 1.29 is 29.3 Å². The predicted octanol–water partition coefficient (Wildman–Crippen LogP) is 4.09. The van der Waals surface area contributed by atoms with Crippen LogP contribution in [0.15, 0.2) is 11.8 Å². The van der Waals surface area contributed by atoms with Crippen molar-refractivity contribution in [2.45, 2.75) is 104 Å². The van der Waals surface area contributed by atoms with Gasteiger partial charge in [0.1, 0.15) is 11.9 Å². The number of aliphatic hydroxyl groups excluding tert-OH is 2. The summed E-state index contributed by atoms with van der Waals surface area (Å²) in [6, 6.07) is 0. The number of hydrogen-bond donors (Lipinski definition) is 2. The van der Waals surface area contributed by atoms with E-state index in [2.05, 4.69) is 4.98 Å². The number of carbonyl (C=O) groups excluding carboxylic acids is 2. The normalized spacial score (nSPS) is 36.0. The fraction of sp³-hybridized carbons (Fsp3) is 0.731. The fourth-order valence-corrected chi connectivity index (χ4v) is 5.57. The minimum absolute atomic E-state index is 0.0133. The lowest BCUT2D eigenvalue weighted by Crippen LogP contribution is -2.45. The van der Waals surface area contributed by atoms with Gasteiger partial charge < -0.3 is 19.7 Å². The molecule has 3 heterocycles. The summed E-state index contributed by atoms with van der Waals surface area (Å²) in [5.41, 5.74) is -0.302.